The molecular formula is C14H16N2OS. The number of nitriles is 1. The third-order valence-electron chi connectivity index (χ3n) is 3.41. The van der Waals surface area contributed by atoms with Crippen LogP contribution in [0.2, 0.25) is 0 Å². The number of benzene rings is 1. The molecule has 0 N–H and O–H groups in total. The van der Waals surface area contributed by atoms with E-state index in [9.17, 15) is 4.79 Å². The average Bonchev–Trinajstić information content (AvgIpc) is 2.41. The van der Waals surface area contributed by atoms with E-state index in [-0.39, 0.29) is 11.9 Å². The molecule has 0 bridgehead atoms. The van der Waals surface area contributed by atoms with E-state index < -0.39 is 0 Å². The minimum Gasteiger partial charge on any atom is -0.334 e. The Kier molecular flexibility index (Phi) is 3.93. The Morgan fingerprint density at radius 3 is 2.67 bits per heavy atom. The highest BCUT2D eigenvalue weighted by atomic mass is 32.2. The number of rotatable bonds is 1. The van der Waals surface area contributed by atoms with Crippen LogP contribution in [0.15, 0.2) is 24.3 Å². The smallest absolute Gasteiger partial charge is 0.254 e. The summed E-state index contributed by atoms with van der Waals surface area (Å²) < 4.78 is 0. The first-order valence-corrected chi connectivity index (χ1v) is 7.11. The van der Waals surface area contributed by atoms with Crippen molar-refractivity contribution in [3.63, 3.8) is 0 Å². The fraction of sp³-hybridized carbons (Fsp3) is 0.429. The van der Waals surface area contributed by atoms with Crippen molar-refractivity contribution >= 4 is 17.7 Å². The van der Waals surface area contributed by atoms with Crippen molar-refractivity contribution in [2.75, 3.05) is 12.3 Å². The van der Waals surface area contributed by atoms with E-state index in [1.165, 1.54) is 0 Å². The Bertz CT molecular complexity index is 478. The fourth-order valence-electron chi connectivity index (χ4n) is 2.07. The van der Waals surface area contributed by atoms with E-state index in [4.69, 9.17) is 5.26 Å². The van der Waals surface area contributed by atoms with E-state index in [0.29, 0.717) is 16.4 Å². The number of carbonyl (C=O) groups excluding carboxylic acids is 1. The number of hydrogen-bond acceptors (Lipinski definition) is 3. The predicted octanol–water partition coefficient (Wildman–Crippen LogP) is 2.52. The summed E-state index contributed by atoms with van der Waals surface area (Å²) in [5.41, 5.74) is 1.25. The zero-order chi connectivity index (χ0) is 13.1. The summed E-state index contributed by atoms with van der Waals surface area (Å²) >= 11 is 1.91. The van der Waals surface area contributed by atoms with E-state index in [1.807, 2.05) is 16.7 Å². The summed E-state index contributed by atoms with van der Waals surface area (Å²) in [5.74, 6) is 1.06. The minimum atomic E-state index is 0.0686. The Balaban J connectivity index is 2.17. The van der Waals surface area contributed by atoms with Gasteiger partial charge in [0.15, 0.2) is 0 Å². The molecule has 1 fully saturated rings. The summed E-state index contributed by atoms with van der Waals surface area (Å²) in [7, 11) is 0. The number of thioether (sulfide) groups is 1. The van der Waals surface area contributed by atoms with Crippen molar-refractivity contribution in [1.29, 1.82) is 5.26 Å². The normalized spacial score (nSPS) is 23.5. The van der Waals surface area contributed by atoms with Gasteiger partial charge in [0, 0.05) is 29.2 Å². The highest BCUT2D eigenvalue weighted by Gasteiger charge is 2.29. The largest absolute Gasteiger partial charge is 0.334 e. The van der Waals surface area contributed by atoms with E-state index in [2.05, 4.69) is 19.9 Å². The Morgan fingerprint density at radius 2 is 2.06 bits per heavy atom. The van der Waals surface area contributed by atoms with Gasteiger partial charge in [-0.3, -0.25) is 4.79 Å². The molecule has 18 heavy (non-hydrogen) atoms. The molecule has 1 aromatic rings. The fourth-order valence-corrected chi connectivity index (χ4v) is 3.17. The van der Waals surface area contributed by atoms with Gasteiger partial charge >= 0.3 is 0 Å². The van der Waals surface area contributed by atoms with Crippen molar-refractivity contribution in [2.24, 2.45) is 0 Å². The second-order valence-electron chi connectivity index (χ2n) is 4.50. The van der Waals surface area contributed by atoms with Crippen LogP contribution in [0.4, 0.5) is 0 Å². The molecule has 2 rings (SSSR count). The lowest BCUT2D eigenvalue weighted by Gasteiger charge is -2.37. The number of nitrogens with zero attached hydrogens (tertiary/aromatic N) is 2. The van der Waals surface area contributed by atoms with Gasteiger partial charge in [-0.1, -0.05) is 6.92 Å². The molecule has 1 aromatic carbocycles. The van der Waals surface area contributed by atoms with Gasteiger partial charge in [-0.05, 0) is 31.2 Å². The quantitative estimate of drug-likeness (QED) is 0.779. The summed E-state index contributed by atoms with van der Waals surface area (Å²) in [6, 6.07) is 9.18. The molecule has 0 aliphatic carbocycles. The highest BCUT2D eigenvalue weighted by molar-refractivity contribution is 8.00. The van der Waals surface area contributed by atoms with Crippen LogP contribution in [0.3, 0.4) is 0 Å². The molecule has 1 saturated heterocycles. The van der Waals surface area contributed by atoms with Gasteiger partial charge in [0.1, 0.15) is 0 Å². The average molecular weight is 260 g/mol. The molecular weight excluding hydrogens is 244 g/mol. The van der Waals surface area contributed by atoms with Gasteiger partial charge in [0.2, 0.25) is 0 Å². The molecule has 4 heteroatoms. The second kappa shape index (κ2) is 5.45. The van der Waals surface area contributed by atoms with Gasteiger partial charge < -0.3 is 4.90 Å². The minimum absolute atomic E-state index is 0.0686. The molecule has 0 aromatic heterocycles. The van der Waals surface area contributed by atoms with Gasteiger partial charge in [-0.25, -0.2) is 0 Å². The van der Waals surface area contributed by atoms with Crippen molar-refractivity contribution in [1.82, 2.24) is 4.90 Å². The molecule has 0 radical (unpaired) electrons. The molecule has 2 atom stereocenters. The SMILES string of the molecule is CC1SCCN(C(=O)c2ccc(C#N)cc2)C1C. The zero-order valence-corrected chi connectivity index (χ0v) is 11.4. The molecule has 1 aliphatic heterocycles. The molecule has 1 heterocycles. The van der Waals surface area contributed by atoms with Gasteiger partial charge in [-0.15, -0.1) is 0 Å². The second-order valence-corrected chi connectivity index (χ2v) is 5.99. The lowest BCUT2D eigenvalue weighted by Crippen LogP contribution is -2.47. The topological polar surface area (TPSA) is 44.1 Å². The third kappa shape index (κ3) is 2.51. The van der Waals surface area contributed by atoms with E-state index in [0.717, 1.165) is 12.3 Å². The lowest BCUT2D eigenvalue weighted by atomic mass is 10.1. The maximum atomic E-state index is 12.4. The van der Waals surface area contributed by atoms with Crippen LogP contribution in [0.25, 0.3) is 0 Å². The van der Waals surface area contributed by atoms with E-state index in [1.54, 1.807) is 24.3 Å². The molecule has 94 valence electrons. The zero-order valence-electron chi connectivity index (χ0n) is 10.6. The lowest BCUT2D eigenvalue weighted by molar-refractivity contribution is 0.0698. The first-order chi connectivity index (χ1) is 8.63. The van der Waals surface area contributed by atoms with Crippen LogP contribution in [-0.2, 0) is 0 Å². The van der Waals surface area contributed by atoms with Crippen LogP contribution in [0, 0.1) is 11.3 Å². The van der Waals surface area contributed by atoms with Crippen molar-refractivity contribution < 1.29 is 4.79 Å². The van der Waals surface area contributed by atoms with Gasteiger partial charge in [0.05, 0.1) is 11.6 Å². The number of hydrogen-bond donors (Lipinski definition) is 0. The first-order valence-electron chi connectivity index (χ1n) is 6.06. The molecule has 0 saturated carbocycles. The van der Waals surface area contributed by atoms with E-state index >= 15 is 0 Å². The van der Waals surface area contributed by atoms with Gasteiger partial charge in [0.25, 0.3) is 5.91 Å². The molecule has 1 amide bonds. The van der Waals surface area contributed by atoms with Crippen LogP contribution in [0.1, 0.15) is 29.8 Å². The van der Waals surface area contributed by atoms with Crippen molar-refractivity contribution in [3.8, 4) is 6.07 Å². The van der Waals surface area contributed by atoms with Crippen molar-refractivity contribution in [3.05, 3.63) is 35.4 Å². The summed E-state index contributed by atoms with van der Waals surface area (Å²) in [6.45, 7) is 5.06. The Labute approximate surface area is 112 Å². The molecule has 0 spiro atoms. The highest BCUT2D eigenvalue weighted by Crippen LogP contribution is 2.25. The van der Waals surface area contributed by atoms with Crippen molar-refractivity contribution in [2.45, 2.75) is 25.1 Å². The molecule has 3 nitrogen and oxygen atoms in total. The van der Waals surface area contributed by atoms with Crippen LogP contribution in [-0.4, -0.2) is 34.4 Å². The van der Waals surface area contributed by atoms with Gasteiger partial charge in [-0.2, -0.15) is 17.0 Å². The number of carbonyl (C=O) groups is 1. The molecule has 1 aliphatic rings. The monoisotopic (exact) mass is 260 g/mol. The molecule has 2 unspecified atom stereocenters. The Hall–Kier alpha value is -1.47. The summed E-state index contributed by atoms with van der Waals surface area (Å²) in [4.78, 5) is 14.3. The number of amides is 1. The van der Waals surface area contributed by atoms with Crippen LogP contribution >= 0.6 is 11.8 Å². The summed E-state index contributed by atoms with van der Waals surface area (Å²) in [5, 5.41) is 9.22. The Morgan fingerprint density at radius 1 is 1.39 bits per heavy atom. The third-order valence-corrected chi connectivity index (χ3v) is 4.74. The van der Waals surface area contributed by atoms with Crippen LogP contribution in [0.5, 0.6) is 0 Å². The standard InChI is InChI=1S/C14H16N2OS/c1-10-11(2)18-8-7-16(10)14(17)13-5-3-12(9-15)4-6-13/h3-6,10-11H,7-8H2,1-2H3. The maximum Gasteiger partial charge on any atom is 0.254 e. The predicted molar refractivity (Wildman–Crippen MR) is 73.6 cm³/mol. The van der Waals surface area contributed by atoms with Crippen LogP contribution < -0.4 is 0 Å². The first kappa shape index (κ1) is 13.0. The summed E-state index contributed by atoms with van der Waals surface area (Å²) in [6.07, 6.45) is 0. The maximum absolute atomic E-state index is 12.4.